The van der Waals surface area contributed by atoms with Crippen molar-refractivity contribution < 1.29 is 18.7 Å². The number of carbonyl (C=O) groups excluding carboxylic acids is 2. The van der Waals surface area contributed by atoms with Gasteiger partial charge in [0.1, 0.15) is 17.6 Å². The quantitative estimate of drug-likeness (QED) is 0.386. The van der Waals surface area contributed by atoms with E-state index >= 15 is 0 Å². The van der Waals surface area contributed by atoms with Gasteiger partial charge in [-0.3, -0.25) is 9.59 Å². The highest BCUT2D eigenvalue weighted by atomic mass is 35.5. The first-order valence-corrected chi connectivity index (χ1v) is 12.0. The topological polar surface area (TPSA) is 58.6 Å². The fourth-order valence-electron chi connectivity index (χ4n) is 3.56. The van der Waals surface area contributed by atoms with E-state index in [0.29, 0.717) is 17.2 Å². The van der Waals surface area contributed by atoms with Crippen LogP contribution in [-0.2, 0) is 22.6 Å². The van der Waals surface area contributed by atoms with Crippen molar-refractivity contribution in [2.75, 3.05) is 6.61 Å². The van der Waals surface area contributed by atoms with E-state index < -0.39 is 11.9 Å². The van der Waals surface area contributed by atoms with Crippen molar-refractivity contribution in [3.8, 4) is 5.75 Å². The van der Waals surface area contributed by atoms with Gasteiger partial charge in [-0.05, 0) is 54.8 Å². The lowest BCUT2D eigenvalue weighted by molar-refractivity contribution is -0.143. The molecule has 3 aromatic rings. The van der Waals surface area contributed by atoms with Crippen molar-refractivity contribution in [2.24, 2.45) is 0 Å². The summed E-state index contributed by atoms with van der Waals surface area (Å²) in [4.78, 5) is 28.4. The zero-order chi connectivity index (χ0) is 25.2. The second kappa shape index (κ2) is 12.9. The minimum Gasteiger partial charge on any atom is -0.484 e. The highest BCUT2D eigenvalue weighted by Crippen LogP contribution is 2.21. The summed E-state index contributed by atoms with van der Waals surface area (Å²) in [7, 11) is 0. The van der Waals surface area contributed by atoms with Gasteiger partial charge >= 0.3 is 0 Å². The van der Waals surface area contributed by atoms with Crippen molar-refractivity contribution in [1.29, 1.82) is 0 Å². The van der Waals surface area contributed by atoms with Crippen molar-refractivity contribution >= 4 is 23.4 Å². The molecule has 0 saturated carbocycles. The van der Waals surface area contributed by atoms with Gasteiger partial charge in [0.2, 0.25) is 5.91 Å². The molecule has 2 atom stereocenters. The third-order valence-electron chi connectivity index (χ3n) is 5.75. The Balaban J connectivity index is 1.91. The Morgan fingerprint density at radius 2 is 1.66 bits per heavy atom. The first kappa shape index (κ1) is 26.2. The maximum absolute atomic E-state index is 13.5. The van der Waals surface area contributed by atoms with Gasteiger partial charge in [-0.2, -0.15) is 0 Å². The predicted molar refractivity (Wildman–Crippen MR) is 136 cm³/mol. The summed E-state index contributed by atoms with van der Waals surface area (Å²) in [6, 6.07) is 21.4. The summed E-state index contributed by atoms with van der Waals surface area (Å²) in [5.41, 5.74) is 1.65. The van der Waals surface area contributed by atoms with Crippen molar-refractivity contribution in [3.63, 3.8) is 0 Å². The number of halogens is 2. The number of rotatable bonds is 11. The van der Waals surface area contributed by atoms with Crippen LogP contribution in [0, 0.1) is 5.82 Å². The van der Waals surface area contributed by atoms with Crippen molar-refractivity contribution in [3.05, 3.63) is 101 Å². The van der Waals surface area contributed by atoms with E-state index in [1.54, 1.807) is 6.07 Å². The molecule has 0 aliphatic rings. The van der Waals surface area contributed by atoms with Gasteiger partial charge in [0.25, 0.3) is 5.91 Å². The third kappa shape index (κ3) is 7.82. The zero-order valence-corrected chi connectivity index (χ0v) is 20.7. The third-order valence-corrected chi connectivity index (χ3v) is 6.12. The number of benzene rings is 3. The second-order valence-corrected chi connectivity index (χ2v) is 8.79. The largest absolute Gasteiger partial charge is 0.484 e. The van der Waals surface area contributed by atoms with Gasteiger partial charge in [-0.15, -0.1) is 0 Å². The molecule has 0 aromatic heterocycles. The fraction of sp³-hybridized carbons (Fsp3) is 0.286. The lowest BCUT2D eigenvalue weighted by Crippen LogP contribution is -2.53. The van der Waals surface area contributed by atoms with E-state index in [9.17, 15) is 14.0 Å². The molecular weight excluding hydrogens is 467 g/mol. The van der Waals surface area contributed by atoms with Gasteiger partial charge < -0.3 is 15.0 Å². The summed E-state index contributed by atoms with van der Waals surface area (Å²) in [6.07, 6.45) is 1.09. The second-order valence-electron chi connectivity index (χ2n) is 8.38. The summed E-state index contributed by atoms with van der Waals surface area (Å²) < 4.78 is 18.9. The minimum atomic E-state index is -0.785. The zero-order valence-electron chi connectivity index (χ0n) is 19.9. The average molecular weight is 497 g/mol. The predicted octanol–water partition coefficient (Wildman–Crippen LogP) is 5.41. The van der Waals surface area contributed by atoms with Crippen LogP contribution in [0.15, 0.2) is 78.9 Å². The van der Waals surface area contributed by atoms with Crippen LogP contribution in [-0.4, -0.2) is 35.4 Å². The van der Waals surface area contributed by atoms with E-state index in [4.69, 9.17) is 16.3 Å². The average Bonchev–Trinajstić information content (AvgIpc) is 2.87. The molecule has 0 aliphatic carbocycles. The normalized spacial score (nSPS) is 12.5. The molecule has 184 valence electrons. The van der Waals surface area contributed by atoms with Crippen LogP contribution in [0.5, 0.6) is 5.75 Å². The number of carbonyl (C=O) groups is 2. The van der Waals surface area contributed by atoms with Gasteiger partial charge in [-0.25, -0.2) is 4.39 Å². The van der Waals surface area contributed by atoms with Gasteiger partial charge in [0, 0.05) is 24.0 Å². The van der Waals surface area contributed by atoms with Crippen LogP contribution in [0.4, 0.5) is 4.39 Å². The molecule has 7 heteroatoms. The Hall–Kier alpha value is -3.38. The molecule has 0 radical (unpaired) electrons. The van der Waals surface area contributed by atoms with E-state index in [2.05, 4.69) is 5.32 Å². The number of nitrogens with one attached hydrogen (secondary N) is 1. The monoisotopic (exact) mass is 496 g/mol. The number of hydrogen-bond acceptors (Lipinski definition) is 3. The number of ether oxygens (including phenoxy) is 1. The molecule has 0 spiro atoms. The molecule has 0 saturated heterocycles. The lowest BCUT2D eigenvalue weighted by atomic mass is 10.0. The Morgan fingerprint density at radius 1 is 1.00 bits per heavy atom. The van der Waals surface area contributed by atoms with E-state index in [1.165, 1.54) is 29.2 Å². The minimum absolute atomic E-state index is 0.0477. The Bertz CT molecular complexity index is 1110. The van der Waals surface area contributed by atoms with Gasteiger partial charge in [-0.1, -0.05) is 67.1 Å². The molecule has 3 aromatic carbocycles. The molecule has 3 rings (SSSR count). The molecule has 0 aliphatic heterocycles. The fourth-order valence-corrected chi connectivity index (χ4v) is 3.76. The van der Waals surface area contributed by atoms with Crippen LogP contribution in [0.25, 0.3) is 0 Å². The van der Waals surface area contributed by atoms with Crippen LogP contribution in [0.2, 0.25) is 5.02 Å². The SMILES string of the molecule is CC[C@@H](C)NC(=O)[C@H](Cc1ccccc1)N(Cc1ccccc1Cl)C(=O)COc1ccc(F)cc1. The highest BCUT2D eigenvalue weighted by Gasteiger charge is 2.31. The number of amides is 2. The lowest BCUT2D eigenvalue weighted by Gasteiger charge is -2.32. The Morgan fingerprint density at radius 3 is 2.31 bits per heavy atom. The van der Waals surface area contributed by atoms with Crippen molar-refractivity contribution in [2.45, 2.75) is 45.3 Å². The molecule has 0 bridgehead atoms. The first-order chi connectivity index (χ1) is 16.9. The molecule has 1 N–H and O–H groups in total. The van der Waals surface area contributed by atoms with E-state index in [-0.39, 0.29) is 31.0 Å². The van der Waals surface area contributed by atoms with Gasteiger partial charge in [0.15, 0.2) is 6.61 Å². The maximum atomic E-state index is 13.5. The molecule has 5 nitrogen and oxygen atoms in total. The molecule has 0 fully saturated rings. The number of hydrogen-bond donors (Lipinski definition) is 1. The van der Waals surface area contributed by atoms with Crippen LogP contribution < -0.4 is 10.1 Å². The maximum Gasteiger partial charge on any atom is 0.261 e. The van der Waals surface area contributed by atoms with E-state index in [0.717, 1.165) is 17.5 Å². The summed E-state index contributed by atoms with van der Waals surface area (Å²) >= 11 is 6.41. The Kier molecular flexibility index (Phi) is 9.67. The van der Waals surface area contributed by atoms with Crippen LogP contribution in [0.3, 0.4) is 0 Å². The number of nitrogens with zero attached hydrogens (tertiary/aromatic N) is 1. The van der Waals surface area contributed by atoms with Crippen LogP contribution in [0.1, 0.15) is 31.4 Å². The molecular formula is C28H30ClFN2O3. The standard InChI is InChI=1S/C28H30ClFN2O3/c1-3-20(2)31-28(34)26(17-21-9-5-4-6-10-21)32(18-22-11-7-8-12-25(22)29)27(33)19-35-24-15-13-23(30)14-16-24/h4-16,20,26H,3,17-19H2,1-2H3,(H,31,34)/t20-,26+/m1/s1. The highest BCUT2D eigenvalue weighted by molar-refractivity contribution is 6.31. The van der Waals surface area contributed by atoms with Crippen molar-refractivity contribution in [1.82, 2.24) is 10.2 Å². The van der Waals surface area contributed by atoms with Crippen LogP contribution >= 0.6 is 11.6 Å². The van der Waals surface area contributed by atoms with E-state index in [1.807, 2.05) is 62.4 Å². The first-order valence-electron chi connectivity index (χ1n) is 11.6. The summed E-state index contributed by atoms with van der Waals surface area (Å²) in [6.45, 7) is 3.74. The summed E-state index contributed by atoms with van der Waals surface area (Å²) in [5, 5.41) is 3.52. The summed E-state index contributed by atoms with van der Waals surface area (Å²) in [5.74, 6) is -0.658. The molecule has 35 heavy (non-hydrogen) atoms. The Labute approximate surface area is 210 Å². The molecule has 0 unspecified atom stereocenters. The smallest absolute Gasteiger partial charge is 0.261 e. The molecule has 2 amide bonds. The van der Waals surface area contributed by atoms with Gasteiger partial charge in [0.05, 0.1) is 0 Å². The molecule has 0 heterocycles.